The van der Waals surface area contributed by atoms with Crippen molar-refractivity contribution in [2.75, 3.05) is 32.7 Å². The summed E-state index contributed by atoms with van der Waals surface area (Å²) in [7, 11) is 0. The fraction of sp³-hybridized carbons (Fsp3) is 0.364. The summed E-state index contributed by atoms with van der Waals surface area (Å²) in [4.78, 5) is 21.9. The molecular weight excluding hydrogens is 386 g/mol. The molecule has 7 heteroatoms. The molecule has 0 saturated carbocycles. The molecule has 0 aliphatic carbocycles. The number of hydrogen-bond donors (Lipinski definition) is 1. The van der Waals surface area contributed by atoms with Gasteiger partial charge in [0.2, 0.25) is 5.91 Å². The Labute approximate surface area is 175 Å². The Hall–Kier alpha value is -2.41. The molecule has 0 radical (unpaired) electrons. The van der Waals surface area contributed by atoms with Gasteiger partial charge in [0.05, 0.1) is 24.1 Å². The maximum atomic E-state index is 12.3. The van der Waals surface area contributed by atoms with E-state index in [-0.39, 0.29) is 11.9 Å². The first-order valence-corrected chi connectivity index (χ1v) is 10.5. The average Bonchev–Trinajstić information content (AvgIpc) is 3.07. The number of benzene rings is 2. The summed E-state index contributed by atoms with van der Waals surface area (Å²) in [5, 5.41) is 3.76. The molecule has 29 heavy (non-hydrogen) atoms. The highest BCUT2D eigenvalue weighted by Gasteiger charge is 2.35. The van der Waals surface area contributed by atoms with Gasteiger partial charge in [-0.05, 0) is 23.8 Å². The van der Waals surface area contributed by atoms with E-state index < -0.39 is 0 Å². The van der Waals surface area contributed by atoms with Crippen molar-refractivity contribution in [1.82, 2.24) is 24.7 Å². The van der Waals surface area contributed by atoms with Crippen molar-refractivity contribution in [2.24, 2.45) is 0 Å². The van der Waals surface area contributed by atoms with Crippen LogP contribution < -0.4 is 5.32 Å². The van der Waals surface area contributed by atoms with Crippen LogP contribution in [-0.2, 0) is 17.9 Å². The van der Waals surface area contributed by atoms with Crippen molar-refractivity contribution in [3.05, 3.63) is 64.9 Å². The lowest BCUT2D eigenvalue weighted by molar-refractivity contribution is -0.132. The number of nitrogens with one attached hydrogen (secondary N) is 1. The molecule has 5 rings (SSSR count). The first-order valence-electron chi connectivity index (χ1n) is 10.1. The number of fused-ring (bicyclic) bond motifs is 2. The lowest BCUT2D eigenvalue weighted by Crippen LogP contribution is -2.63. The normalized spacial score (nSPS) is 20.6. The number of amides is 1. The van der Waals surface area contributed by atoms with Crippen LogP contribution in [0, 0.1) is 0 Å². The smallest absolute Gasteiger partial charge is 0.238 e. The van der Waals surface area contributed by atoms with Gasteiger partial charge in [-0.15, -0.1) is 0 Å². The van der Waals surface area contributed by atoms with E-state index in [9.17, 15) is 4.79 Å². The molecule has 2 aromatic carbocycles. The summed E-state index contributed by atoms with van der Waals surface area (Å²) in [5.41, 5.74) is 3.18. The van der Waals surface area contributed by atoms with Crippen LogP contribution in [0.15, 0.2) is 48.5 Å². The fourth-order valence-corrected chi connectivity index (χ4v) is 4.59. The quantitative estimate of drug-likeness (QED) is 0.718. The van der Waals surface area contributed by atoms with Crippen molar-refractivity contribution in [3.63, 3.8) is 0 Å². The molecule has 1 N–H and O–H groups in total. The number of para-hydroxylation sites is 2. The zero-order valence-electron chi connectivity index (χ0n) is 16.2. The molecule has 0 bridgehead atoms. The minimum Gasteiger partial charge on any atom is -0.353 e. The number of halogens is 1. The van der Waals surface area contributed by atoms with Crippen molar-refractivity contribution in [1.29, 1.82) is 0 Å². The lowest BCUT2D eigenvalue weighted by Gasteiger charge is -2.42. The molecule has 1 aromatic heterocycles. The average molecular weight is 410 g/mol. The molecule has 1 atom stereocenters. The summed E-state index contributed by atoms with van der Waals surface area (Å²) in [6, 6.07) is 16.1. The van der Waals surface area contributed by atoms with Gasteiger partial charge in [0.1, 0.15) is 11.9 Å². The number of carbonyl (C=O) groups excluding carboxylic acids is 1. The fourth-order valence-electron chi connectivity index (χ4n) is 4.40. The Morgan fingerprint density at radius 1 is 1.03 bits per heavy atom. The van der Waals surface area contributed by atoms with Gasteiger partial charge in [-0.25, -0.2) is 4.98 Å². The third-order valence-corrected chi connectivity index (χ3v) is 6.33. The highest BCUT2D eigenvalue weighted by Crippen LogP contribution is 2.23. The van der Waals surface area contributed by atoms with Gasteiger partial charge in [-0.1, -0.05) is 41.9 Å². The van der Waals surface area contributed by atoms with Gasteiger partial charge >= 0.3 is 0 Å². The molecule has 3 heterocycles. The van der Waals surface area contributed by atoms with E-state index in [1.165, 1.54) is 0 Å². The molecule has 2 aliphatic rings. The number of piperazine rings is 2. The van der Waals surface area contributed by atoms with Crippen LogP contribution in [0.4, 0.5) is 0 Å². The van der Waals surface area contributed by atoms with E-state index in [1.807, 2.05) is 30.3 Å². The van der Waals surface area contributed by atoms with E-state index in [0.29, 0.717) is 6.54 Å². The van der Waals surface area contributed by atoms with Crippen LogP contribution >= 0.6 is 11.6 Å². The van der Waals surface area contributed by atoms with Gasteiger partial charge in [0, 0.05) is 37.7 Å². The zero-order chi connectivity index (χ0) is 19.8. The van der Waals surface area contributed by atoms with E-state index >= 15 is 0 Å². The van der Waals surface area contributed by atoms with Crippen molar-refractivity contribution < 1.29 is 4.79 Å². The van der Waals surface area contributed by atoms with Crippen LogP contribution in [0.1, 0.15) is 11.4 Å². The summed E-state index contributed by atoms with van der Waals surface area (Å²) in [6.45, 7) is 5.69. The molecule has 3 aromatic rings. The Bertz CT molecular complexity index is 1050. The van der Waals surface area contributed by atoms with Crippen LogP contribution in [0.25, 0.3) is 11.0 Å². The van der Waals surface area contributed by atoms with Crippen molar-refractivity contribution in [3.8, 4) is 0 Å². The van der Waals surface area contributed by atoms with E-state index in [1.54, 1.807) is 0 Å². The minimum atomic E-state index is -0.0566. The minimum absolute atomic E-state index is 0.0566. The monoisotopic (exact) mass is 409 g/mol. The molecule has 2 fully saturated rings. The summed E-state index contributed by atoms with van der Waals surface area (Å²) < 4.78 is 2.25. The summed E-state index contributed by atoms with van der Waals surface area (Å²) >= 11 is 6.43. The third kappa shape index (κ3) is 3.64. The zero-order valence-corrected chi connectivity index (χ0v) is 17.0. The number of imidazole rings is 1. The van der Waals surface area contributed by atoms with Crippen LogP contribution in [0.5, 0.6) is 0 Å². The molecule has 150 valence electrons. The number of carbonyl (C=O) groups is 1. The third-order valence-electron chi connectivity index (χ3n) is 5.96. The number of aromatic nitrogens is 2. The predicted molar refractivity (Wildman–Crippen MR) is 114 cm³/mol. The van der Waals surface area contributed by atoms with Crippen molar-refractivity contribution in [2.45, 2.75) is 19.1 Å². The first-order chi connectivity index (χ1) is 14.2. The summed E-state index contributed by atoms with van der Waals surface area (Å²) in [6.07, 6.45) is 0. The van der Waals surface area contributed by atoms with Crippen LogP contribution in [-0.4, -0.2) is 64.0 Å². The lowest BCUT2D eigenvalue weighted by atomic mass is 10.1. The van der Waals surface area contributed by atoms with E-state index in [4.69, 9.17) is 16.6 Å². The number of nitrogens with zero attached hydrogens (tertiary/aromatic N) is 4. The largest absolute Gasteiger partial charge is 0.353 e. The second-order valence-electron chi connectivity index (χ2n) is 7.77. The van der Waals surface area contributed by atoms with E-state index in [0.717, 1.165) is 66.7 Å². The van der Waals surface area contributed by atoms with Gasteiger partial charge < -0.3 is 9.88 Å². The molecule has 1 amide bonds. The SMILES string of the molecule is O=C1NCCN2CCN(Cc3nc4ccccc4n3Cc3ccccc3Cl)CC12. The molecule has 6 nitrogen and oxygen atoms in total. The van der Waals surface area contributed by atoms with Gasteiger partial charge in [-0.2, -0.15) is 0 Å². The maximum Gasteiger partial charge on any atom is 0.238 e. The van der Waals surface area contributed by atoms with Gasteiger partial charge in [0.25, 0.3) is 0 Å². The molecule has 1 unspecified atom stereocenters. The number of rotatable bonds is 4. The first kappa shape index (κ1) is 18.6. The van der Waals surface area contributed by atoms with Gasteiger partial charge in [0.15, 0.2) is 0 Å². The molecular formula is C22H24ClN5O. The summed E-state index contributed by atoms with van der Waals surface area (Å²) in [5.74, 6) is 1.15. The molecule has 2 saturated heterocycles. The highest BCUT2D eigenvalue weighted by molar-refractivity contribution is 6.31. The predicted octanol–water partition coefficient (Wildman–Crippen LogP) is 2.35. The Morgan fingerprint density at radius 3 is 2.76 bits per heavy atom. The topological polar surface area (TPSA) is 53.4 Å². The Morgan fingerprint density at radius 2 is 1.86 bits per heavy atom. The van der Waals surface area contributed by atoms with Gasteiger partial charge in [-0.3, -0.25) is 14.6 Å². The Balaban J connectivity index is 1.44. The standard InChI is InChI=1S/C22H24ClN5O/c23-17-6-2-1-5-16(17)13-28-19-8-4-3-7-18(19)25-21(28)15-26-11-12-27-10-9-24-22(29)20(27)14-26/h1-8,20H,9-15H2,(H,24,29). The molecule has 0 spiro atoms. The molecule has 2 aliphatic heterocycles. The van der Waals surface area contributed by atoms with Crippen LogP contribution in [0.2, 0.25) is 5.02 Å². The Kier molecular flexibility index (Phi) is 4.99. The van der Waals surface area contributed by atoms with E-state index in [2.05, 4.69) is 37.9 Å². The van der Waals surface area contributed by atoms with Crippen LogP contribution in [0.3, 0.4) is 0 Å². The second kappa shape index (κ2) is 7.78. The highest BCUT2D eigenvalue weighted by atomic mass is 35.5. The number of hydrogen-bond acceptors (Lipinski definition) is 4. The second-order valence-corrected chi connectivity index (χ2v) is 8.18. The van der Waals surface area contributed by atoms with Crippen molar-refractivity contribution >= 4 is 28.5 Å². The maximum absolute atomic E-state index is 12.3.